The van der Waals surface area contributed by atoms with Crippen molar-refractivity contribution in [1.29, 1.82) is 0 Å². The standard InChI is InChI=1S/C23H23FN6O2/c24-18-8-4-3-7-17(18)23-25-22(27-32-23)16-9-10-20-19(15-16)26-28-30(20)14-11-21(31)29-12-5-1-2-6-13-29/h3-4,7-10,15H,1-2,5-6,11-14H2. The summed E-state index contributed by atoms with van der Waals surface area (Å²) in [6.45, 7) is 2.17. The van der Waals surface area contributed by atoms with E-state index in [1.807, 2.05) is 23.1 Å². The molecule has 2 aromatic carbocycles. The molecule has 0 N–H and O–H groups in total. The molecule has 0 atom stereocenters. The molecule has 2 aromatic heterocycles. The Labute approximate surface area is 184 Å². The van der Waals surface area contributed by atoms with E-state index < -0.39 is 5.82 Å². The van der Waals surface area contributed by atoms with E-state index in [-0.39, 0.29) is 17.4 Å². The minimum atomic E-state index is -0.421. The van der Waals surface area contributed by atoms with Crippen molar-refractivity contribution in [2.75, 3.05) is 13.1 Å². The molecule has 0 bridgehead atoms. The van der Waals surface area contributed by atoms with Gasteiger partial charge < -0.3 is 9.42 Å². The van der Waals surface area contributed by atoms with Crippen LogP contribution in [0.5, 0.6) is 0 Å². The number of hydrogen-bond acceptors (Lipinski definition) is 6. The van der Waals surface area contributed by atoms with Crippen LogP contribution in [0.3, 0.4) is 0 Å². The van der Waals surface area contributed by atoms with Gasteiger partial charge in [0.1, 0.15) is 11.3 Å². The van der Waals surface area contributed by atoms with Gasteiger partial charge in [-0.25, -0.2) is 9.07 Å². The van der Waals surface area contributed by atoms with Crippen molar-refractivity contribution in [2.24, 2.45) is 0 Å². The number of halogens is 1. The molecule has 0 unspecified atom stereocenters. The van der Waals surface area contributed by atoms with Crippen LogP contribution >= 0.6 is 0 Å². The number of nitrogens with zero attached hydrogens (tertiary/aromatic N) is 6. The molecule has 0 aliphatic carbocycles. The van der Waals surface area contributed by atoms with Gasteiger partial charge in [-0.05, 0) is 43.2 Å². The summed E-state index contributed by atoms with van der Waals surface area (Å²) in [5.74, 6) is 0.209. The Morgan fingerprint density at radius 2 is 1.88 bits per heavy atom. The Balaban J connectivity index is 1.31. The quantitative estimate of drug-likeness (QED) is 0.470. The lowest BCUT2D eigenvalue weighted by Gasteiger charge is -2.20. The third-order valence-corrected chi connectivity index (χ3v) is 5.80. The van der Waals surface area contributed by atoms with E-state index in [9.17, 15) is 9.18 Å². The van der Waals surface area contributed by atoms with E-state index in [0.29, 0.717) is 29.9 Å². The molecule has 4 aromatic rings. The van der Waals surface area contributed by atoms with Gasteiger partial charge in [0.2, 0.25) is 11.7 Å². The van der Waals surface area contributed by atoms with Crippen molar-refractivity contribution in [3.05, 3.63) is 48.3 Å². The summed E-state index contributed by atoms with van der Waals surface area (Å²) in [7, 11) is 0. The lowest BCUT2D eigenvalue weighted by molar-refractivity contribution is -0.131. The lowest BCUT2D eigenvalue weighted by Crippen LogP contribution is -2.32. The Bertz CT molecular complexity index is 1240. The third kappa shape index (κ3) is 4.10. The molecule has 1 aliphatic rings. The van der Waals surface area contributed by atoms with Crippen LogP contribution in [-0.4, -0.2) is 49.0 Å². The largest absolute Gasteiger partial charge is 0.343 e. The zero-order chi connectivity index (χ0) is 21.9. The van der Waals surface area contributed by atoms with Gasteiger partial charge in [-0.1, -0.05) is 35.3 Å². The molecule has 0 radical (unpaired) electrons. The monoisotopic (exact) mass is 434 g/mol. The highest BCUT2D eigenvalue weighted by atomic mass is 19.1. The van der Waals surface area contributed by atoms with Gasteiger partial charge in [-0.15, -0.1) is 5.10 Å². The van der Waals surface area contributed by atoms with Crippen molar-refractivity contribution in [3.63, 3.8) is 0 Å². The number of carbonyl (C=O) groups excluding carboxylic acids is 1. The van der Waals surface area contributed by atoms with E-state index in [0.717, 1.165) is 31.4 Å². The SMILES string of the molecule is O=C(CCn1nnc2cc(-c3noc(-c4ccccc4F)n3)ccc21)N1CCCCCC1. The predicted octanol–water partition coefficient (Wildman–Crippen LogP) is 4.08. The zero-order valence-electron chi connectivity index (χ0n) is 17.6. The molecule has 1 aliphatic heterocycles. The van der Waals surface area contributed by atoms with Gasteiger partial charge in [0.25, 0.3) is 5.89 Å². The first-order valence-electron chi connectivity index (χ1n) is 10.9. The normalized spacial score (nSPS) is 14.6. The second kappa shape index (κ2) is 8.86. The molecule has 9 heteroatoms. The molecule has 1 fully saturated rings. The van der Waals surface area contributed by atoms with Crippen LogP contribution in [0.4, 0.5) is 4.39 Å². The van der Waals surface area contributed by atoms with E-state index in [4.69, 9.17) is 4.52 Å². The first-order chi connectivity index (χ1) is 15.7. The summed E-state index contributed by atoms with van der Waals surface area (Å²) in [6, 6.07) is 11.8. The van der Waals surface area contributed by atoms with Gasteiger partial charge in [-0.2, -0.15) is 4.98 Å². The number of likely N-dealkylation sites (tertiary alicyclic amines) is 1. The Kier molecular flexibility index (Phi) is 5.62. The van der Waals surface area contributed by atoms with E-state index in [1.54, 1.807) is 22.9 Å². The molecule has 5 rings (SSSR count). The highest BCUT2D eigenvalue weighted by Crippen LogP contribution is 2.26. The van der Waals surface area contributed by atoms with Crippen molar-refractivity contribution >= 4 is 16.9 Å². The Morgan fingerprint density at radius 1 is 1.06 bits per heavy atom. The third-order valence-electron chi connectivity index (χ3n) is 5.80. The van der Waals surface area contributed by atoms with E-state index in [2.05, 4.69) is 20.5 Å². The average Bonchev–Trinajstić information content (AvgIpc) is 3.36. The second-order valence-corrected chi connectivity index (χ2v) is 7.96. The number of fused-ring (bicyclic) bond motifs is 1. The first kappa shape index (κ1) is 20.3. The summed E-state index contributed by atoms with van der Waals surface area (Å²) in [6.07, 6.45) is 4.95. The number of carbonyl (C=O) groups is 1. The maximum atomic E-state index is 14.0. The van der Waals surface area contributed by atoms with Crippen molar-refractivity contribution in [3.8, 4) is 22.8 Å². The van der Waals surface area contributed by atoms with Crippen LogP contribution in [0.25, 0.3) is 33.9 Å². The fourth-order valence-electron chi connectivity index (χ4n) is 4.04. The van der Waals surface area contributed by atoms with Crippen molar-refractivity contribution in [2.45, 2.75) is 38.6 Å². The zero-order valence-corrected chi connectivity index (χ0v) is 17.6. The van der Waals surface area contributed by atoms with Crippen LogP contribution in [0, 0.1) is 5.82 Å². The predicted molar refractivity (Wildman–Crippen MR) is 116 cm³/mol. The minimum Gasteiger partial charge on any atom is -0.343 e. The number of hydrogen-bond donors (Lipinski definition) is 0. The van der Waals surface area contributed by atoms with Gasteiger partial charge in [0.05, 0.1) is 17.6 Å². The topological polar surface area (TPSA) is 89.9 Å². The second-order valence-electron chi connectivity index (χ2n) is 7.96. The fourth-order valence-corrected chi connectivity index (χ4v) is 4.04. The summed E-state index contributed by atoms with van der Waals surface area (Å²) >= 11 is 0. The van der Waals surface area contributed by atoms with Crippen molar-refractivity contribution in [1.82, 2.24) is 30.0 Å². The Hall–Kier alpha value is -3.62. The van der Waals surface area contributed by atoms with Crippen LogP contribution in [-0.2, 0) is 11.3 Å². The molecular weight excluding hydrogens is 411 g/mol. The molecule has 0 saturated carbocycles. The van der Waals surface area contributed by atoms with Gasteiger partial charge in [-0.3, -0.25) is 4.79 Å². The smallest absolute Gasteiger partial charge is 0.261 e. The fraction of sp³-hybridized carbons (Fsp3) is 0.348. The average molecular weight is 434 g/mol. The van der Waals surface area contributed by atoms with Crippen LogP contribution in [0.1, 0.15) is 32.1 Å². The molecule has 0 spiro atoms. The number of benzene rings is 2. The van der Waals surface area contributed by atoms with Crippen molar-refractivity contribution < 1.29 is 13.7 Å². The summed E-state index contributed by atoms with van der Waals surface area (Å²) in [5, 5.41) is 12.4. The number of aryl methyl sites for hydroxylation is 1. The highest BCUT2D eigenvalue weighted by Gasteiger charge is 2.17. The number of rotatable bonds is 5. The van der Waals surface area contributed by atoms with Crippen LogP contribution < -0.4 is 0 Å². The number of aromatic nitrogens is 5. The molecule has 3 heterocycles. The van der Waals surface area contributed by atoms with E-state index >= 15 is 0 Å². The molecule has 164 valence electrons. The molecule has 8 nitrogen and oxygen atoms in total. The maximum Gasteiger partial charge on any atom is 0.261 e. The number of amides is 1. The lowest BCUT2D eigenvalue weighted by atomic mass is 10.2. The molecule has 1 amide bonds. The molecular formula is C23H23FN6O2. The molecule has 1 saturated heterocycles. The summed E-state index contributed by atoms with van der Waals surface area (Å²) < 4.78 is 21.0. The molecule has 32 heavy (non-hydrogen) atoms. The van der Waals surface area contributed by atoms with Crippen LogP contribution in [0.15, 0.2) is 47.0 Å². The Morgan fingerprint density at radius 3 is 2.69 bits per heavy atom. The minimum absolute atomic E-state index is 0.119. The van der Waals surface area contributed by atoms with Gasteiger partial charge >= 0.3 is 0 Å². The first-order valence-corrected chi connectivity index (χ1v) is 10.9. The summed E-state index contributed by atoms with van der Waals surface area (Å²) in [5.41, 5.74) is 2.45. The van der Waals surface area contributed by atoms with Gasteiger partial charge in [0, 0.05) is 25.1 Å². The van der Waals surface area contributed by atoms with Crippen LogP contribution in [0.2, 0.25) is 0 Å². The summed E-state index contributed by atoms with van der Waals surface area (Å²) in [4.78, 5) is 18.9. The van der Waals surface area contributed by atoms with E-state index in [1.165, 1.54) is 18.9 Å². The van der Waals surface area contributed by atoms with Gasteiger partial charge in [0.15, 0.2) is 0 Å². The highest BCUT2D eigenvalue weighted by molar-refractivity contribution is 5.80. The maximum absolute atomic E-state index is 14.0.